The normalized spacial score (nSPS) is 46.8. The van der Waals surface area contributed by atoms with Crippen LogP contribution in [-0.4, -0.2) is 121 Å². The minimum absolute atomic E-state index is 0. The molecular formula is C85H144K2O14Si2. The summed E-state index contributed by atoms with van der Waals surface area (Å²) < 4.78 is 62.3. The summed E-state index contributed by atoms with van der Waals surface area (Å²) in [4.78, 5) is 23.6. The van der Waals surface area contributed by atoms with Crippen LogP contribution in [0.3, 0.4) is 0 Å². The van der Waals surface area contributed by atoms with Gasteiger partial charge < -0.3 is 58.7 Å². The van der Waals surface area contributed by atoms with Gasteiger partial charge in [-0.3, -0.25) is 9.59 Å². The van der Waals surface area contributed by atoms with Crippen molar-refractivity contribution in [2.75, 3.05) is 13.2 Å². The number of aliphatic hydroxyl groups is 1. The van der Waals surface area contributed by atoms with Crippen LogP contribution in [0, 0.1) is 101 Å². The maximum Gasteiger partial charge on any atom is 1.00 e. The van der Waals surface area contributed by atoms with Gasteiger partial charge in [0, 0.05) is 31.0 Å². The van der Waals surface area contributed by atoms with Gasteiger partial charge in [-0.15, -0.1) is 0 Å². The van der Waals surface area contributed by atoms with Crippen LogP contribution in [0.5, 0.6) is 0 Å². The van der Waals surface area contributed by atoms with Gasteiger partial charge in [-0.05, 0) is 293 Å². The van der Waals surface area contributed by atoms with Crippen LogP contribution in [0.1, 0.15) is 274 Å². The summed E-state index contributed by atoms with van der Waals surface area (Å²) in [5.74, 6) is 4.26. The molecule has 14 aliphatic rings. The van der Waals surface area contributed by atoms with E-state index < -0.39 is 28.8 Å². The molecule has 0 radical (unpaired) electrons. The van der Waals surface area contributed by atoms with Crippen molar-refractivity contribution in [2.24, 2.45) is 101 Å². The molecule has 0 bridgehead atoms. The molecule has 4 heterocycles. The van der Waals surface area contributed by atoms with Crippen molar-refractivity contribution in [2.45, 2.75) is 383 Å². The molecule has 4 spiro atoms. The number of hydrogen-bond donors (Lipinski definition) is 1. The third kappa shape index (κ3) is 13.8. The summed E-state index contributed by atoms with van der Waals surface area (Å²) in [5.41, 5.74) is 4.01. The Balaban J connectivity index is 0.000000224. The Kier molecular flexibility index (Phi) is 27.4. The number of carbonyl (C=O) groups is 2. The Morgan fingerprint density at radius 2 is 0.922 bits per heavy atom. The predicted octanol–water partition coefficient (Wildman–Crippen LogP) is 12.5. The number of carbonyl (C=O) groups excluding carboxylic acids is 2. The summed E-state index contributed by atoms with van der Waals surface area (Å²) in [5, 5.41) is 19.7. The number of rotatable bonds is 20. The van der Waals surface area contributed by atoms with Gasteiger partial charge >= 0.3 is 109 Å². The van der Waals surface area contributed by atoms with E-state index in [1.165, 1.54) is 110 Å². The van der Waals surface area contributed by atoms with Crippen LogP contribution < -0.4 is 108 Å². The summed E-state index contributed by atoms with van der Waals surface area (Å²) in [6, 6.07) is 6.92. The zero-order valence-corrected chi connectivity index (χ0v) is 77.3. The zero-order valence-electron chi connectivity index (χ0n) is 70.0. The summed E-state index contributed by atoms with van der Waals surface area (Å²) >= 11 is 0. The molecule has 14 fully saturated rings. The van der Waals surface area contributed by atoms with Gasteiger partial charge in [-0.25, -0.2) is 0 Å². The average molecular weight is 1520 g/mol. The van der Waals surface area contributed by atoms with Gasteiger partial charge in [0.15, 0.2) is 29.2 Å². The molecule has 2 unspecified atom stereocenters. The summed E-state index contributed by atoms with van der Waals surface area (Å²) in [6.45, 7) is 55.5. The second-order valence-corrected chi connectivity index (χ2v) is 48.4. The average Bonchev–Trinajstić information content (AvgIpc) is 1.46. The van der Waals surface area contributed by atoms with E-state index in [0.29, 0.717) is 75.1 Å². The van der Waals surface area contributed by atoms with Gasteiger partial charge in [0.25, 0.3) is 6.47 Å². The van der Waals surface area contributed by atoms with E-state index in [0.717, 1.165) is 99.1 Å². The van der Waals surface area contributed by atoms with Gasteiger partial charge in [-0.2, -0.15) is 0 Å². The first kappa shape index (κ1) is 87.1. The van der Waals surface area contributed by atoms with Crippen LogP contribution in [0.2, 0.25) is 36.3 Å². The molecule has 0 aromatic heterocycles. The molecule has 4 saturated heterocycles. The standard InChI is InChI=1S/C43H72O6Si.C41H70O5Si.CH2O3.2K.H/c1-12-50(13-2,14-3)49-38-37-35(28(6)25-30(47-37)36(27(4)5)46-29(7)44)40(10)22-23-43-26-42(43)21-20-33(48-34-17-15-16-24-45-34)39(8,9)31(42)18-19-32(43)41(38,40)11;1-11-47(12-2,13-3)46-36-35-33(27(6)24-28(44-35)34(42)26(4)5)38(9)21-22-41-25-40(41)20-19-31(45-32-16-14-15-23-43-32)37(7,8)29(40)17-18-30(41)39(36,38)10;2-1-4-3;;;/h28,30-38H,4,12-26H2,1-3,5-11H3;27-36,42H,4,11-25H2,1-3,5-10H3;1,3H;;;/q;;;2*+1;-1/p-1/t28-,30-,31+,32+,33+,34+,35+,36-,37+,38+,40-,41-,42-,43?;27-,28-,29+,30+,31+,32+,33+,34-,35+,36+,38-,39-,40-,41?;;;;/m11..../s1. The van der Waals surface area contributed by atoms with E-state index in [4.69, 9.17) is 52.1 Å². The predicted molar refractivity (Wildman–Crippen MR) is 401 cm³/mol. The third-order valence-electron chi connectivity index (χ3n) is 35.0. The second kappa shape index (κ2) is 32.4. The molecule has 10 saturated carbocycles. The van der Waals surface area contributed by atoms with Crippen LogP contribution in [-0.2, 0) is 56.5 Å². The zero-order chi connectivity index (χ0) is 73.3. The number of ether oxygens (including phenoxy) is 7. The number of hydrogen-bond acceptors (Lipinski definition) is 14. The van der Waals surface area contributed by atoms with Crippen molar-refractivity contribution in [3.8, 4) is 0 Å². The molecule has 103 heavy (non-hydrogen) atoms. The van der Waals surface area contributed by atoms with Crippen molar-refractivity contribution in [3.63, 3.8) is 0 Å². The number of aliphatic hydroxyl groups excluding tert-OH is 1. The Morgan fingerprint density at radius 3 is 1.26 bits per heavy atom. The summed E-state index contributed by atoms with van der Waals surface area (Å²) in [7, 11) is -3.96. The van der Waals surface area contributed by atoms with Crippen LogP contribution >= 0.6 is 0 Å². The topological polar surface area (TPSA) is 170 Å². The number of fused-ring (bicyclic) bond motifs is 8. The summed E-state index contributed by atoms with van der Waals surface area (Å²) in [6.07, 6.45) is 26.2. The molecule has 578 valence electrons. The van der Waals surface area contributed by atoms with E-state index in [1.54, 1.807) is 0 Å². The molecule has 14 rings (SSSR count). The SMILES string of the molecule is C=C(C)[C@@H](O)[C@H]1C[C@@H](C)[C@H]2[C@H](O1)[C@H](O[Si](CC)(CC)CC)[C@@]1(C)[C@@H]3CC[C@H]4C(C)(C)[C@@H](O[C@H]5CCCCO5)CC[C@@]45CC35CC[C@]21C.C=C(C)[C@@H](OC(C)=O)[C@H]1C[C@@H](C)[C@H]2[C@H](O1)[C@H](O[Si](CC)(CC)CC)[C@@]1(C)[C@@H]3CC[C@H]4C(C)(C)[C@@H](O[C@H]5CCCCO5)CC[C@@]45CC35CC[C@]21C.O=CO[O-].[H-].[K+].[K+]. The minimum atomic E-state index is -2.00. The Morgan fingerprint density at radius 1 is 0.553 bits per heavy atom. The van der Waals surface area contributed by atoms with Crippen molar-refractivity contribution in [3.05, 3.63) is 24.3 Å². The Bertz CT molecular complexity index is 2960. The first-order valence-electron chi connectivity index (χ1n) is 41.8. The second-order valence-electron chi connectivity index (χ2n) is 39.0. The third-order valence-corrected chi connectivity index (χ3v) is 44.2. The van der Waals surface area contributed by atoms with Crippen molar-refractivity contribution < 1.29 is 171 Å². The molecule has 18 heteroatoms. The molecule has 0 aromatic carbocycles. The van der Waals surface area contributed by atoms with Crippen LogP contribution in [0.4, 0.5) is 0 Å². The van der Waals surface area contributed by atoms with Crippen LogP contribution in [0.15, 0.2) is 24.3 Å². The monoisotopic (exact) mass is 1520 g/mol. The van der Waals surface area contributed by atoms with Crippen molar-refractivity contribution in [1.82, 2.24) is 0 Å². The van der Waals surface area contributed by atoms with Gasteiger partial charge in [-0.1, -0.05) is 124 Å². The molecule has 28 atom stereocenters. The van der Waals surface area contributed by atoms with E-state index in [2.05, 4.69) is 129 Å². The van der Waals surface area contributed by atoms with Gasteiger partial charge in [0.1, 0.15) is 12.2 Å². The van der Waals surface area contributed by atoms with E-state index in [9.17, 15) is 9.90 Å². The molecule has 0 aromatic rings. The van der Waals surface area contributed by atoms with E-state index >= 15 is 0 Å². The van der Waals surface area contributed by atoms with Crippen LogP contribution in [0.25, 0.3) is 0 Å². The molecule has 14 nitrogen and oxygen atoms in total. The first-order valence-corrected chi connectivity index (χ1v) is 46.9. The maximum absolute atomic E-state index is 12.3. The quantitative estimate of drug-likeness (QED) is 0.0232. The Hall–Kier alpha value is 1.73. The van der Waals surface area contributed by atoms with Gasteiger partial charge in [0.05, 0.1) is 48.8 Å². The smallest absolute Gasteiger partial charge is 1.00 e. The number of esters is 1. The molecule has 10 aliphatic carbocycles. The van der Waals surface area contributed by atoms with Crippen molar-refractivity contribution >= 4 is 29.1 Å². The van der Waals surface area contributed by atoms with Gasteiger partial charge in [0.2, 0.25) is 0 Å². The Labute approximate surface area is 713 Å². The van der Waals surface area contributed by atoms with E-state index in [1.807, 2.05) is 13.8 Å². The first-order chi connectivity index (χ1) is 47.7. The molecule has 4 aliphatic heterocycles. The fraction of sp³-hybridized carbons (Fsp3) is 0.929. The maximum atomic E-state index is 12.3. The molecular weight excluding hydrogens is 1380 g/mol. The minimum Gasteiger partial charge on any atom is -1.00 e. The van der Waals surface area contributed by atoms with E-state index in [-0.39, 0.29) is 204 Å². The largest absolute Gasteiger partial charge is 1.00 e. The fourth-order valence-corrected chi connectivity index (χ4v) is 35.2. The molecule has 0 amide bonds. The fourth-order valence-electron chi connectivity index (χ4n) is 29.4. The van der Waals surface area contributed by atoms with Crippen molar-refractivity contribution in [1.29, 1.82) is 0 Å². The molecule has 1 N–H and O–H groups in total.